The first kappa shape index (κ1) is 13.5. The molecule has 3 nitrogen and oxygen atoms in total. The van der Waals surface area contributed by atoms with Crippen LogP contribution in [0.1, 0.15) is 37.9 Å². The maximum atomic E-state index is 5.94. The Hall–Kier alpha value is -0.930. The molecule has 0 bridgehead atoms. The summed E-state index contributed by atoms with van der Waals surface area (Å²) < 4.78 is 5.94. The van der Waals surface area contributed by atoms with Gasteiger partial charge in [-0.1, -0.05) is 13.0 Å². The summed E-state index contributed by atoms with van der Waals surface area (Å²) in [6.07, 6.45) is 7.04. The molecule has 0 spiro atoms. The highest BCUT2D eigenvalue weighted by Gasteiger charge is 2.28. The number of aromatic nitrogens is 1. The molecule has 1 N–H and O–H groups in total. The van der Waals surface area contributed by atoms with Crippen molar-refractivity contribution in [2.45, 2.75) is 57.8 Å². The van der Waals surface area contributed by atoms with Gasteiger partial charge in [-0.05, 0) is 44.9 Å². The minimum atomic E-state index is 0.331. The van der Waals surface area contributed by atoms with E-state index in [1.165, 1.54) is 12.0 Å². The van der Waals surface area contributed by atoms with Gasteiger partial charge in [0.15, 0.2) is 0 Å². The molecule has 0 aliphatic carbocycles. The molecule has 2 rings (SSSR count). The Labute approximate surface area is 110 Å². The fraction of sp³-hybridized carbons (Fsp3) is 0.667. The molecule has 100 valence electrons. The lowest BCUT2D eigenvalue weighted by molar-refractivity contribution is 0.0335. The van der Waals surface area contributed by atoms with E-state index >= 15 is 0 Å². The van der Waals surface area contributed by atoms with Crippen LogP contribution in [0.25, 0.3) is 0 Å². The van der Waals surface area contributed by atoms with Crippen molar-refractivity contribution >= 4 is 0 Å². The molecule has 1 aromatic rings. The molecule has 0 aromatic carbocycles. The molecule has 0 amide bonds. The molecule has 2 heterocycles. The van der Waals surface area contributed by atoms with Crippen LogP contribution in [0.5, 0.6) is 0 Å². The molecule has 3 unspecified atom stereocenters. The first-order chi connectivity index (χ1) is 8.72. The molecule has 1 saturated heterocycles. The summed E-state index contributed by atoms with van der Waals surface area (Å²) in [5.74, 6) is 0. The normalized spacial score (nSPS) is 25.3. The van der Waals surface area contributed by atoms with Crippen molar-refractivity contribution in [1.29, 1.82) is 0 Å². The van der Waals surface area contributed by atoms with Gasteiger partial charge in [0.05, 0.1) is 12.2 Å². The fourth-order valence-corrected chi connectivity index (χ4v) is 2.56. The predicted molar refractivity (Wildman–Crippen MR) is 73.7 cm³/mol. The molecule has 3 atom stereocenters. The highest BCUT2D eigenvalue weighted by molar-refractivity contribution is 5.15. The molecule has 1 fully saturated rings. The lowest BCUT2D eigenvalue weighted by Gasteiger charge is -2.22. The summed E-state index contributed by atoms with van der Waals surface area (Å²) >= 11 is 0. The topological polar surface area (TPSA) is 34.1 Å². The smallest absolute Gasteiger partial charge is 0.0736 e. The van der Waals surface area contributed by atoms with Crippen LogP contribution in [0.2, 0.25) is 0 Å². The average molecular weight is 248 g/mol. The minimum Gasteiger partial charge on any atom is -0.374 e. The molecule has 3 heteroatoms. The summed E-state index contributed by atoms with van der Waals surface area (Å²) in [6.45, 7) is 4.31. The number of hydrogen-bond donors (Lipinski definition) is 1. The average Bonchev–Trinajstić information content (AvgIpc) is 2.83. The van der Waals surface area contributed by atoms with Gasteiger partial charge in [-0.2, -0.15) is 0 Å². The van der Waals surface area contributed by atoms with Crippen molar-refractivity contribution in [2.75, 3.05) is 7.05 Å². The lowest BCUT2D eigenvalue weighted by Crippen LogP contribution is -2.39. The largest absolute Gasteiger partial charge is 0.374 e. The van der Waals surface area contributed by atoms with Crippen molar-refractivity contribution in [3.8, 4) is 0 Å². The van der Waals surface area contributed by atoms with E-state index in [1.54, 1.807) is 0 Å². The zero-order valence-corrected chi connectivity index (χ0v) is 11.6. The van der Waals surface area contributed by atoms with Gasteiger partial charge < -0.3 is 10.1 Å². The SMILES string of the molecule is CCc1ccc(CC(NC)C2CCC(C)O2)nc1. The third kappa shape index (κ3) is 3.30. The van der Waals surface area contributed by atoms with Gasteiger partial charge in [0, 0.05) is 24.4 Å². The van der Waals surface area contributed by atoms with Gasteiger partial charge in [-0.25, -0.2) is 0 Å². The second kappa shape index (κ2) is 6.30. The Morgan fingerprint density at radius 2 is 2.28 bits per heavy atom. The summed E-state index contributed by atoms with van der Waals surface area (Å²) in [6, 6.07) is 4.68. The number of likely N-dealkylation sites (N-methyl/N-ethyl adjacent to an activating group) is 1. The third-order valence-corrected chi connectivity index (χ3v) is 3.81. The number of aryl methyl sites for hydroxylation is 1. The number of nitrogens with zero attached hydrogens (tertiary/aromatic N) is 1. The molecule has 18 heavy (non-hydrogen) atoms. The molecule has 1 aliphatic heterocycles. The summed E-state index contributed by atoms with van der Waals surface area (Å²) in [5.41, 5.74) is 2.44. The van der Waals surface area contributed by atoms with Crippen LogP contribution in [0.15, 0.2) is 18.3 Å². The lowest BCUT2D eigenvalue weighted by atomic mass is 10.0. The van der Waals surface area contributed by atoms with Crippen molar-refractivity contribution in [1.82, 2.24) is 10.3 Å². The molecule has 0 radical (unpaired) electrons. The number of nitrogens with one attached hydrogen (secondary N) is 1. The third-order valence-electron chi connectivity index (χ3n) is 3.81. The van der Waals surface area contributed by atoms with Crippen LogP contribution in [0.4, 0.5) is 0 Å². The van der Waals surface area contributed by atoms with Crippen molar-refractivity contribution < 1.29 is 4.74 Å². The zero-order valence-electron chi connectivity index (χ0n) is 11.6. The van der Waals surface area contributed by atoms with Crippen LogP contribution >= 0.6 is 0 Å². The van der Waals surface area contributed by atoms with E-state index in [1.807, 2.05) is 13.2 Å². The van der Waals surface area contributed by atoms with E-state index in [4.69, 9.17) is 4.74 Å². The van der Waals surface area contributed by atoms with Crippen LogP contribution in [-0.4, -0.2) is 30.3 Å². The predicted octanol–water partition coefficient (Wildman–Crippen LogP) is 2.34. The maximum absolute atomic E-state index is 5.94. The van der Waals surface area contributed by atoms with E-state index in [-0.39, 0.29) is 0 Å². The van der Waals surface area contributed by atoms with E-state index in [0.717, 1.165) is 25.0 Å². The monoisotopic (exact) mass is 248 g/mol. The van der Waals surface area contributed by atoms with Gasteiger partial charge >= 0.3 is 0 Å². The van der Waals surface area contributed by atoms with Crippen molar-refractivity contribution in [3.63, 3.8) is 0 Å². The van der Waals surface area contributed by atoms with Crippen molar-refractivity contribution in [2.24, 2.45) is 0 Å². The first-order valence-corrected chi connectivity index (χ1v) is 6.99. The number of ether oxygens (including phenoxy) is 1. The Morgan fingerprint density at radius 1 is 1.44 bits per heavy atom. The quantitative estimate of drug-likeness (QED) is 0.868. The van der Waals surface area contributed by atoms with E-state index in [2.05, 4.69) is 36.3 Å². The molecule has 0 saturated carbocycles. The van der Waals surface area contributed by atoms with E-state index < -0.39 is 0 Å². The van der Waals surface area contributed by atoms with Crippen LogP contribution in [0, 0.1) is 0 Å². The summed E-state index contributed by atoms with van der Waals surface area (Å²) in [5, 5.41) is 3.38. The minimum absolute atomic E-state index is 0.331. The zero-order chi connectivity index (χ0) is 13.0. The Morgan fingerprint density at radius 3 is 2.78 bits per heavy atom. The number of pyridine rings is 1. The summed E-state index contributed by atoms with van der Waals surface area (Å²) in [7, 11) is 2.01. The van der Waals surface area contributed by atoms with Gasteiger partial charge in [0.2, 0.25) is 0 Å². The molecular weight excluding hydrogens is 224 g/mol. The van der Waals surface area contributed by atoms with Gasteiger partial charge in [-0.15, -0.1) is 0 Å². The van der Waals surface area contributed by atoms with Crippen LogP contribution in [-0.2, 0) is 17.6 Å². The van der Waals surface area contributed by atoms with Gasteiger partial charge in [0.25, 0.3) is 0 Å². The standard InChI is InChI=1S/C15H24N2O/c1-4-12-6-7-13(17-10-12)9-14(16-3)15-8-5-11(2)18-15/h6-7,10-11,14-16H,4-5,8-9H2,1-3H3. The van der Waals surface area contributed by atoms with Crippen LogP contribution < -0.4 is 5.32 Å². The highest BCUT2D eigenvalue weighted by atomic mass is 16.5. The van der Waals surface area contributed by atoms with E-state index in [9.17, 15) is 0 Å². The Balaban J connectivity index is 1.96. The second-order valence-corrected chi connectivity index (χ2v) is 5.17. The highest BCUT2D eigenvalue weighted by Crippen LogP contribution is 2.23. The van der Waals surface area contributed by atoms with Crippen molar-refractivity contribution in [3.05, 3.63) is 29.6 Å². The molecule has 1 aliphatic rings. The first-order valence-electron chi connectivity index (χ1n) is 6.99. The fourth-order valence-electron chi connectivity index (χ4n) is 2.56. The molecular formula is C15H24N2O. The van der Waals surface area contributed by atoms with E-state index in [0.29, 0.717) is 18.2 Å². The maximum Gasteiger partial charge on any atom is 0.0736 e. The van der Waals surface area contributed by atoms with Gasteiger partial charge in [0.1, 0.15) is 0 Å². The van der Waals surface area contributed by atoms with Gasteiger partial charge in [-0.3, -0.25) is 4.98 Å². The molecule has 1 aromatic heterocycles. The Kier molecular flexibility index (Phi) is 4.72. The Bertz CT molecular complexity index is 363. The number of rotatable bonds is 5. The second-order valence-electron chi connectivity index (χ2n) is 5.17. The van der Waals surface area contributed by atoms with Crippen LogP contribution in [0.3, 0.4) is 0 Å². The summed E-state index contributed by atoms with van der Waals surface area (Å²) in [4.78, 5) is 4.53. The number of hydrogen-bond acceptors (Lipinski definition) is 3.